The van der Waals surface area contributed by atoms with E-state index in [0.717, 1.165) is 29.8 Å². The Bertz CT molecular complexity index is 798. The van der Waals surface area contributed by atoms with Crippen molar-refractivity contribution in [3.8, 4) is 5.75 Å². The number of aromatic nitrogens is 2. The predicted molar refractivity (Wildman–Crippen MR) is 90.8 cm³/mol. The van der Waals surface area contributed by atoms with Crippen LogP contribution >= 0.6 is 23.2 Å². The lowest BCUT2D eigenvalue weighted by Gasteiger charge is -2.10. The zero-order valence-corrected chi connectivity index (χ0v) is 13.7. The van der Waals surface area contributed by atoms with Gasteiger partial charge in [-0.1, -0.05) is 42.3 Å². The molecule has 3 rings (SSSR count). The number of benzene rings is 2. The van der Waals surface area contributed by atoms with E-state index in [-0.39, 0.29) is 0 Å². The van der Waals surface area contributed by atoms with Crippen LogP contribution < -0.4 is 4.74 Å². The summed E-state index contributed by atoms with van der Waals surface area (Å²) >= 11 is 12.0. The zero-order chi connectivity index (χ0) is 15.5. The lowest BCUT2D eigenvalue weighted by molar-refractivity contribution is 0.290. The van der Waals surface area contributed by atoms with Crippen molar-refractivity contribution in [1.82, 2.24) is 9.55 Å². The maximum Gasteiger partial charge on any atom is 0.147 e. The van der Waals surface area contributed by atoms with E-state index >= 15 is 0 Å². The van der Waals surface area contributed by atoms with E-state index in [1.807, 2.05) is 18.2 Å². The molecule has 0 aliphatic heterocycles. The molecular weight excluding hydrogens is 319 g/mol. The van der Waals surface area contributed by atoms with Gasteiger partial charge in [0.1, 0.15) is 18.2 Å². The Morgan fingerprint density at radius 1 is 1.14 bits per heavy atom. The number of rotatable bonds is 5. The molecule has 0 radical (unpaired) electrons. The maximum absolute atomic E-state index is 6.14. The molecule has 0 unspecified atom stereocenters. The quantitative estimate of drug-likeness (QED) is 0.630. The highest BCUT2D eigenvalue weighted by Gasteiger charge is 2.11. The third-order valence-electron chi connectivity index (χ3n) is 3.43. The van der Waals surface area contributed by atoms with Crippen LogP contribution in [0.25, 0.3) is 11.0 Å². The highest BCUT2D eigenvalue weighted by Crippen LogP contribution is 2.28. The predicted octanol–water partition coefficient (Wildman–Crippen LogP) is 5.33. The number of hydrogen-bond donors (Lipinski definition) is 0. The van der Waals surface area contributed by atoms with Gasteiger partial charge in [0.05, 0.1) is 16.1 Å². The molecule has 2 aromatic carbocycles. The van der Waals surface area contributed by atoms with Crippen molar-refractivity contribution in [3.05, 3.63) is 58.3 Å². The first-order chi connectivity index (χ1) is 10.7. The number of imidazole rings is 1. The summed E-state index contributed by atoms with van der Waals surface area (Å²) in [5.74, 6) is 1.51. The molecule has 0 saturated heterocycles. The molecule has 5 heteroatoms. The first kappa shape index (κ1) is 15.2. The van der Waals surface area contributed by atoms with Crippen LogP contribution in [0.15, 0.2) is 42.5 Å². The molecule has 1 heterocycles. The molecule has 0 saturated carbocycles. The highest BCUT2D eigenvalue weighted by molar-refractivity contribution is 6.35. The van der Waals surface area contributed by atoms with Crippen LogP contribution in [-0.4, -0.2) is 9.55 Å². The van der Waals surface area contributed by atoms with Crippen molar-refractivity contribution in [3.63, 3.8) is 0 Å². The number of aryl methyl sites for hydroxylation is 1. The SMILES string of the molecule is CCCn1c(COc2ccc(Cl)cc2Cl)nc2ccccc21. The topological polar surface area (TPSA) is 27.1 Å². The Morgan fingerprint density at radius 3 is 2.73 bits per heavy atom. The van der Waals surface area contributed by atoms with Crippen molar-refractivity contribution in [1.29, 1.82) is 0 Å². The van der Waals surface area contributed by atoms with Gasteiger partial charge in [-0.05, 0) is 36.8 Å². The van der Waals surface area contributed by atoms with E-state index < -0.39 is 0 Å². The van der Waals surface area contributed by atoms with Crippen LogP contribution in [0.1, 0.15) is 19.2 Å². The minimum atomic E-state index is 0.371. The van der Waals surface area contributed by atoms with Gasteiger partial charge in [-0.3, -0.25) is 0 Å². The molecule has 22 heavy (non-hydrogen) atoms. The summed E-state index contributed by atoms with van der Waals surface area (Å²) in [6.07, 6.45) is 1.04. The second kappa shape index (κ2) is 6.59. The van der Waals surface area contributed by atoms with Gasteiger partial charge >= 0.3 is 0 Å². The van der Waals surface area contributed by atoms with Crippen molar-refractivity contribution in [2.75, 3.05) is 0 Å². The number of ether oxygens (including phenoxy) is 1. The second-order valence-electron chi connectivity index (χ2n) is 5.03. The molecule has 0 fully saturated rings. The Morgan fingerprint density at radius 2 is 1.95 bits per heavy atom. The summed E-state index contributed by atoms with van der Waals surface area (Å²) in [7, 11) is 0. The smallest absolute Gasteiger partial charge is 0.147 e. The lowest BCUT2D eigenvalue weighted by atomic mass is 10.3. The fourth-order valence-electron chi connectivity index (χ4n) is 2.44. The van der Waals surface area contributed by atoms with Crippen LogP contribution in [-0.2, 0) is 13.2 Å². The third kappa shape index (κ3) is 3.06. The van der Waals surface area contributed by atoms with Crippen LogP contribution in [0.4, 0.5) is 0 Å². The highest BCUT2D eigenvalue weighted by atomic mass is 35.5. The van der Waals surface area contributed by atoms with E-state index in [1.54, 1.807) is 18.2 Å². The first-order valence-electron chi connectivity index (χ1n) is 7.21. The van der Waals surface area contributed by atoms with E-state index in [2.05, 4.69) is 22.5 Å². The van der Waals surface area contributed by atoms with Crippen LogP contribution in [0, 0.1) is 0 Å². The summed E-state index contributed by atoms with van der Waals surface area (Å²) in [6, 6.07) is 13.3. The average Bonchev–Trinajstić information content (AvgIpc) is 2.85. The fraction of sp³-hybridized carbons (Fsp3) is 0.235. The van der Waals surface area contributed by atoms with E-state index in [1.165, 1.54) is 0 Å². The lowest BCUT2D eigenvalue weighted by Crippen LogP contribution is -2.07. The van der Waals surface area contributed by atoms with E-state index in [0.29, 0.717) is 22.4 Å². The van der Waals surface area contributed by atoms with Crippen LogP contribution in [0.2, 0.25) is 10.0 Å². The zero-order valence-electron chi connectivity index (χ0n) is 12.2. The normalized spacial score (nSPS) is 11.0. The molecule has 0 N–H and O–H groups in total. The summed E-state index contributed by atoms with van der Waals surface area (Å²) < 4.78 is 8.01. The number of halogens is 2. The first-order valence-corrected chi connectivity index (χ1v) is 7.96. The van der Waals surface area contributed by atoms with Gasteiger partial charge in [0, 0.05) is 11.6 Å². The molecule has 0 spiro atoms. The molecule has 0 amide bonds. The Labute approximate surface area is 139 Å². The number of nitrogens with zero attached hydrogens (tertiary/aromatic N) is 2. The van der Waals surface area contributed by atoms with Gasteiger partial charge in [0.15, 0.2) is 0 Å². The molecule has 3 nitrogen and oxygen atoms in total. The third-order valence-corrected chi connectivity index (χ3v) is 3.96. The molecule has 0 atom stereocenters. The number of hydrogen-bond acceptors (Lipinski definition) is 2. The maximum atomic E-state index is 6.14. The monoisotopic (exact) mass is 334 g/mol. The molecular formula is C17H16Cl2N2O. The van der Waals surface area contributed by atoms with Crippen molar-refractivity contribution in [2.45, 2.75) is 26.5 Å². The van der Waals surface area contributed by atoms with Gasteiger partial charge in [-0.2, -0.15) is 0 Å². The van der Waals surface area contributed by atoms with Gasteiger partial charge in [-0.15, -0.1) is 0 Å². The summed E-state index contributed by atoms with van der Waals surface area (Å²) in [6.45, 7) is 3.43. The summed E-state index contributed by atoms with van der Waals surface area (Å²) in [5.41, 5.74) is 2.11. The molecule has 0 aliphatic carbocycles. The average molecular weight is 335 g/mol. The number of para-hydroxylation sites is 2. The summed E-state index contributed by atoms with van der Waals surface area (Å²) in [4.78, 5) is 4.66. The van der Waals surface area contributed by atoms with Crippen LogP contribution in [0.3, 0.4) is 0 Å². The van der Waals surface area contributed by atoms with Gasteiger partial charge in [0.25, 0.3) is 0 Å². The van der Waals surface area contributed by atoms with Crippen molar-refractivity contribution < 1.29 is 4.74 Å². The minimum absolute atomic E-state index is 0.371. The fourth-order valence-corrected chi connectivity index (χ4v) is 2.91. The largest absolute Gasteiger partial charge is 0.484 e. The van der Waals surface area contributed by atoms with Crippen LogP contribution in [0.5, 0.6) is 5.75 Å². The molecule has 0 bridgehead atoms. The molecule has 0 aliphatic rings. The van der Waals surface area contributed by atoms with Gasteiger partial charge < -0.3 is 9.30 Å². The Hall–Kier alpha value is -1.71. The van der Waals surface area contributed by atoms with Gasteiger partial charge in [0.2, 0.25) is 0 Å². The molecule has 114 valence electrons. The standard InChI is InChI=1S/C17H16Cl2N2O/c1-2-9-21-15-6-4-3-5-14(15)20-17(21)11-22-16-8-7-12(18)10-13(16)19/h3-8,10H,2,9,11H2,1H3. The minimum Gasteiger partial charge on any atom is -0.484 e. The summed E-state index contributed by atoms with van der Waals surface area (Å²) in [5, 5.41) is 1.10. The van der Waals surface area contributed by atoms with E-state index in [4.69, 9.17) is 27.9 Å². The number of fused-ring (bicyclic) bond motifs is 1. The second-order valence-corrected chi connectivity index (χ2v) is 5.88. The molecule has 3 aromatic rings. The Kier molecular flexibility index (Phi) is 4.55. The Balaban J connectivity index is 1.88. The van der Waals surface area contributed by atoms with E-state index in [9.17, 15) is 0 Å². The molecule has 1 aromatic heterocycles. The van der Waals surface area contributed by atoms with Crippen molar-refractivity contribution >= 4 is 34.2 Å². The van der Waals surface area contributed by atoms with Gasteiger partial charge in [-0.25, -0.2) is 4.98 Å². The van der Waals surface area contributed by atoms with Crippen molar-refractivity contribution in [2.24, 2.45) is 0 Å².